The molecule has 4 nitrogen and oxygen atoms in total. The van der Waals surface area contributed by atoms with Crippen molar-refractivity contribution < 1.29 is 9.59 Å². The molecular formula is C15H32N2O2. The zero-order chi connectivity index (χ0) is 15.1. The van der Waals surface area contributed by atoms with Crippen LogP contribution >= 0.6 is 0 Å². The van der Waals surface area contributed by atoms with Crippen LogP contribution in [0.25, 0.3) is 0 Å². The maximum Gasteiger partial charge on any atom is 0.223 e. The van der Waals surface area contributed by atoms with E-state index in [0.717, 1.165) is 25.5 Å². The van der Waals surface area contributed by atoms with Crippen LogP contribution in [0.3, 0.4) is 0 Å². The van der Waals surface area contributed by atoms with E-state index in [-0.39, 0.29) is 11.9 Å². The number of amides is 1. The molecule has 0 aliphatic rings. The highest BCUT2D eigenvalue weighted by Gasteiger charge is 2.17. The number of hydrogen-bond acceptors (Lipinski definition) is 3. The maximum absolute atomic E-state index is 11.9. The molecule has 19 heavy (non-hydrogen) atoms. The number of carbonyl (C=O) groups excluding carboxylic acids is 2. The van der Waals surface area contributed by atoms with Crippen LogP contribution in [-0.2, 0) is 9.59 Å². The highest BCUT2D eigenvalue weighted by molar-refractivity contribution is 5.79. The maximum atomic E-state index is 11.9. The molecule has 0 spiro atoms. The van der Waals surface area contributed by atoms with Crippen LogP contribution < -0.4 is 5.73 Å². The monoisotopic (exact) mass is 272 g/mol. The lowest BCUT2D eigenvalue weighted by Crippen LogP contribution is -2.39. The van der Waals surface area contributed by atoms with Crippen LogP contribution in [0.1, 0.15) is 65.7 Å². The zero-order valence-corrected chi connectivity index (χ0v) is 13.2. The van der Waals surface area contributed by atoms with E-state index in [1.807, 2.05) is 6.92 Å². The van der Waals surface area contributed by atoms with Crippen molar-refractivity contribution in [2.45, 2.75) is 71.8 Å². The Labute approximate surface area is 118 Å². The summed E-state index contributed by atoms with van der Waals surface area (Å²) in [7, 11) is 1.50. The van der Waals surface area contributed by atoms with Crippen LogP contribution in [0, 0.1) is 0 Å². The van der Waals surface area contributed by atoms with Gasteiger partial charge in [-0.1, -0.05) is 39.5 Å². The minimum atomic E-state index is -0.280. The SMILES string of the molecule is CCCCCCCC(=O)N(CCC)[C@@H](C)C=O.CN. The normalized spacial score (nSPS) is 11.2. The van der Waals surface area contributed by atoms with Gasteiger partial charge in [-0.3, -0.25) is 4.79 Å². The van der Waals surface area contributed by atoms with Gasteiger partial charge in [-0.2, -0.15) is 0 Å². The summed E-state index contributed by atoms with van der Waals surface area (Å²) in [4.78, 5) is 24.4. The molecule has 1 atom stereocenters. The number of nitrogens with two attached hydrogens (primary N) is 1. The van der Waals surface area contributed by atoms with Gasteiger partial charge in [-0.25, -0.2) is 0 Å². The Morgan fingerprint density at radius 3 is 2.16 bits per heavy atom. The summed E-state index contributed by atoms with van der Waals surface area (Å²) in [5, 5.41) is 0. The first-order chi connectivity index (χ1) is 9.17. The van der Waals surface area contributed by atoms with Gasteiger partial charge in [0.2, 0.25) is 5.91 Å². The number of hydrogen-bond donors (Lipinski definition) is 1. The van der Waals surface area contributed by atoms with Crippen molar-refractivity contribution in [1.29, 1.82) is 0 Å². The molecule has 0 aromatic rings. The first-order valence-electron chi connectivity index (χ1n) is 7.49. The third-order valence-electron chi connectivity index (χ3n) is 2.97. The zero-order valence-electron chi connectivity index (χ0n) is 13.2. The molecule has 0 aromatic carbocycles. The van der Waals surface area contributed by atoms with E-state index in [2.05, 4.69) is 12.7 Å². The molecule has 0 aliphatic heterocycles. The molecule has 1 amide bonds. The number of aldehydes is 1. The summed E-state index contributed by atoms with van der Waals surface area (Å²) in [5.74, 6) is 0.128. The Morgan fingerprint density at radius 1 is 1.11 bits per heavy atom. The van der Waals surface area contributed by atoms with E-state index in [0.29, 0.717) is 13.0 Å². The lowest BCUT2D eigenvalue weighted by molar-refractivity contribution is -0.136. The van der Waals surface area contributed by atoms with E-state index in [4.69, 9.17) is 0 Å². The van der Waals surface area contributed by atoms with E-state index in [1.54, 1.807) is 11.8 Å². The van der Waals surface area contributed by atoms with E-state index in [9.17, 15) is 9.59 Å². The van der Waals surface area contributed by atoms with Gasteiger partial charge in [-0.05, 0) is 26.8 Å². The third-order valence-corrected chi connectivity index (χ3v) is 2.97. The minimum absolute atomic E-state index is 0.128. The molecule has 0 saturated carbocycles. The van der Waals surface area contributed by atoms with Crippen LogP contribution in [0.5, 0.6) is 0 Å². The van der Waals surface area contributed by atoms with Crippen molar-refractivity contribution >= 4 is 12.2 Å². The van der Waals surface area contributed by atoms with Gasteiger partial charge >= 0.3 is 0 Å². The summed E-state index contributed by atoms with van der Waals surface area (Å²) < 4.78 is 0. The predicted molar refractivity (Wildman–Crippen MR) is 81.0 cm³/mol. The first kappa shape index (κ1) is 20.4. The Balaban J connectivity index is 0. The fraction of sp³-hybridized carbons (Fsp3) is 0.867. The van der Waals surface area contributed by atoms with Crippen LogP contribution in [0.4, 0.5) is 0 Å². The molecule has 0 fully saturated rings. The van der Waals surface area contributed by atoms with Crippen molar-refractivity contribution in [2.24, 2.45) is 5.73 Å². The van der Waals surface area contributed by atoms with Crippen molar-refractivity contribution in [2.75, 3.05) is 13.6 Å². The van der Waals surface area contributed by atoms with Gasteiger partial charge in [0.05, 0.1) is 6.04 Å². The highest BCUT2D eigenvalue weighted by Crippen LogP contribution is 2.09. The second kappa shape index (κ2) is 15.2. The second-order valence-corrected chi connectivity index (χ2v) is 4.63. The van der Waals surface area contributed by atoms with E-state index < -0.39 is 0 Å². The Kier molecular flexibility index (Phi) is 16.3. The molecule has 0 heterocycles. The van der Waals surface area contributed by atoms with Gasteiger partial charge < -0.3 is 15.4 Å². The second-order valence-electron chi connectivity index (χ2n) is 4.63. The molecule has 0 unspecified atom stereocenters. The van der Waals surface area contributed by atoms with Crippen molar-refractivity contribution in [3.8, 4) is 0 Å². The van der Waals surface area contributed by atoms with Crippen LogP contribution in [-0.4, -0.2) is 36.7 Å². The molecule has 0 aromatic heterocycles. The molecular weight excluding hydrogens is 240 g/mol. The highest BCUT2D eigenvalue weighted by atomic mass is 16.2. The lowest BCUT2D eigenvalue weighted by atomic mass is 10.1. The lowest BCUT2D eigenvalue weighted by Gasteiger charge is -2.25. The van der Waals surface area contributed by atoms with Crippen LogP contribution in [0.15, 0.2) is 0 Å². The molecule has 0 rings (SSSR count). The fourth-order valence-electron chi connectivity index (χ4n) is 1.89. The summed E-state index contributed by atoms with van der Waals surface area (Å²) in [6.07, 6.45) is 8.09. The van der Waals surface area contributed by atoms with Crippen molar-refractivity contribution in [3.63, 3.8) is 0 Å². The molecule has 0 aliphatic carbocycles. The Bertz CT molecular complexity index is 220. The van der Waals surface area contributed by atoms with Gasteiger partial charge in [0.25, 0.3) is 0 Å². The number of rotatable bonds is 10. The van der Waals surface area contributed by atoms with Crippen LogP contribution in [0.2, 0.25) is 0 Å². The molecule has 114 valence electrons. The van der Waals surface area contributed by atoms with Crippen molar-refractivity contribution in [1.82, 2.24) is 4.90 Å². The topological polar surface area (TPSA) is 63.4 Å². The van der Waals surface area contributed by atoms with Gasteiger partial charge in [0, 0.05) is 13.0 Å². The average Bonchev–Trinajstić information content (AvgIpc) is 2.45. The number of carbonyl (C=O) groups is 2. The first-order valence-corrected chi connectivity index (χ1v) is 7.49. The van der Waals surface area contributed by atoms with Gasteiger partial charge in [0.15, 0.2) is 0 Å². The largest absolute Gasteiger partial charge is 0.333 e. The summed E-state index contributed by atoms with van der Waals surface area (Å²) >= 11 is 0. The Morgan fingerprint density at radius 2 is 1.68 bits per heavy atom. The quantitative estimate of drug-likeness (QED) is 0.491. The molecule has 4 heteroatoms. The van der Waals surface area contributed by atoms with Gasteiger partial charge in [0.1, 0.15) is 6.29 Å². The molecule has 0 saturated heterocycles. The molecule has 2 N–H and O–H groups in total. The smallest absolute Gasteiger partial charge is 0.223 e. The molecule has 0 bridgehead atoms. The number of nitrogens with zero attached hydrogens (tertiary/aromatic N) is 1. The Hall–Kier alpha value is -0.900. The fourth-order valence-corrected chi connectivity index (χ4v) is 1.89. The van der Waals surface area contributed by atoms with E-state index in [1.165, 1.54) is 26.3 Å². The van der Waals surface area contributed by atoms with Crippen molar-refractivity contribution in [3.05, 3.63) is 0 Å². The summed E-state index contributed by atoms with van der Waals surface area (Å²) in [5.41, 5.74) is 4.50. The average molecular weight is 272 g/mol. The predicted octanol–water partition coefficient (Wildman–Crippen LogP) is 2.75. The number of unbranched alkanes of at least 4 members (excludes halogenated alkanes) is 4. The van der Waals surface area contributed by atoms with E-state index >= 15 is 0 Å². The molecule has 0 radical (unpaired) electrons. The summed E-state index contributed by atoms with van der Waals surface area (Å²) in [6.45, 7) is 6.68. The summed E-state index contributed by atoms with van der Waals surface area (Å²) in [6, 6.07) is -0.280. The standard InChI is InChI=1S/C14H27NO2.CH5N/c1-4-6-7-8-9-10-14(17)15(11-5-2)13(3)12-16;1-2/h12-13H,4-11H2,1-3H3;2H2,1H3/t13-;/m0./s1. The third kappa shape index (κ3) is 10.7. The minimum Gasteiger partial charge on any atom is -0.333 e. The van der Waals surface area contributed by atoms with Gasteiger partial charge in [-0.15, -0.1) is 0 Å².